The molecule has 0 saturated heterocycles. The number of carbonyl (C=O) groups excluding carboxylic acids is 2. The molecule has 5 nitrogen and oxygen atoms in total. The van der Waals surface area contributed by atoms with E-state index < -0.39 is 0 Å². The smallest absolute Gasteiger partial charge is 0.275 e. The zero-order valence-electron chi connectivity index (χ0n) is 16.2. The van der Waals surface area contributed by atoms with Gasteiger partial charge < -0.3 is 10.2 Å². The van der Waals surface area contributed by atoms with Crippen LogP contribution in [0.15, 0.2) is 53.9 Å². The first-order valence-corrected chi connectivity index (χ1v) is 10.0. The fourth-order valence-corrected chi connectivity index (χ4v) is 3.52. The van der Waals surface area contributed by atoms with Crippen LogP contribution in [0.25, 0.3) is 0 Å². The van der Waals surface area contributed by atoms with E-state index in [1.807, 2.05) is 50.2 Å². The first-order chi connectivity index (χ1) is 13.5. The van der Waals surface area contributed by atoms with E-state index in [1.165, 1.54) is 11.3 Å². The normalized spacial score (nSPS) is 10.5. The minimum atomic E-state index is -0.271. The number of nitrogens with zero attached hydrogens (tertiary/aromatic N) is 2. The van der Waals surface area contributed by atoms with Crippen molar-refractivity contribution >= 4 is 28.8 Å². The Bertz CT molecular complexity index is 982. The minimum Gasteiger partial charge on any atom is -0.342 e. The van der Waals surface area contributed by atoms with Crippen LogP contribution >= 0.6 is 11.3 Å². The summed E-state index contributed by atoms with van der Waals surface area (Å²) in [6, 6.07) is 15.4. The maximum atomic E-state index is 12.6. The van der Waals surface area contributed by atoms with Crippen LogP contribution in [-0.2, 0) is 6.42 Å². The van der Waals surface area contributed by atoms with E-state index in [4.69, 9.17) is 0 Å². The van der Waals surface area contributed by atoms with Gasteiger partial charge in [0.2, 0.25) is 0 Å². The summed E-state index contributed by atoms with van der Waals surface area (Å²) >= 11 is 1.47. The molecule has 0 bridgehead atoms. The molecule has 6 heteroatoms. The molecule has 28 heavy (non-hydrogen) atoms. The summed E-state index contributed by atoms with van der Waals surface area (Å²) in [7, 11) is 1.75. The average molecular weight is 394 g/mol. The maximum Gasteiger partial charge on any atom is 0.275 e. The quantitative estimate of drug-likeness (QED) is 0.676. The molecule has 0 unspecified atom stereocenters. The number of carbonyl (C=O) groups is 2. The second-order valence-corrected chi connectivity index (χ2v) is 7.53. The molecule has 1 aromatic heterocycles. The van der Waals surface area contributed by atoms with Crippen LogP contribution in [-0.4, -0.2) is 35.3 Å². The standard InChI is InChI=1S/C22H23N3O2S/c1-4-25(3)22(27)17-11-10-15(2)18(13-17)24-21(26)19-14-28-20(23-19)12-16-8-6-5-7-9-16/h5-11,13-14H,4,12H2,1-3H3,(H,24,26). The first-order valence-electron chi connectivity index (χ1n) is 9.13. The molecule has 0 aliphatic rings. The second kappa shape index (κ2) is 8.80. The van der Waals surface area contributed by atoms with Crippen LogP contribution in [0.2, 0.25) is 0 Å². The molecule has 1 N–H and O–H groups in total. The average Bonchev–Trinajstić information content (AvgIpc) is 3.18. The molecular weight excluding hydrogens is 370 g/mol. The van der Waals surface area contributed by atoms with E-state index in [0.29, 0.717) is 29.9 Å². The summed E-state index contributed by atoms with van der Waals surface area (Å²) in [5, 5.41) is 5.55. The Morgan fingerprint density at radius 1 is 1.14 bits per heavy atom. The lowest BCUT2D eigenvalue weighted by Crippen LogP contribution is -2.26. The van der Waals surface area contributed by atoms with Gasteiger partial charge in [-0.1, -0.05) is 36.4 Å². The number of hydrogen-bond acceptors (Lipinski definition) is 4. The molecular formula is C22H23N3O2S. The number of nitrogens with one attached hydrogen (secondary N) is 1. The third-order valence-corrected chi connectivity index (χ3v) is 5.39. The Hall–Kier alpha value is -2.99. The number of thiazole rings is 1. The van der Waals surface area contributed by atoms with Gasteiger partial charge in [0.15, 0.2) is 0 Å². The number of aromatic nitrogens is 1. The van der Waals surface area contributed by atoms with Gasteiger partial charge in [-0.15, -0.1) is 11.3 Å². The fraction of sp³-hybridized carbons (Fsp3) is 0.227. The molecule has 0 fully saturated rings. The molecule has 3 aromatic rings. The van der Waals surface area contributed by atoms with Gasteiger partial charge in [-0.3, -0.25) is 9.59 Å². The molecule has 2 aromatic carbocycles. The van der Waals surface area contributed by atoms with Gasteiger partial charge in [0.25, 0.3) is 11.8 Å². The van der Waals surface area contributed by atoms with Crippen molar-refractivity contribution in [2.45, 2.75) is 20.3 Å². The number of rotatable bonds is 6. The van der Waals surface area contributed by atoms with E-state index >= 15 is 0 Å². The van der Waals surface area contributed by atoms with Gasteiger partial charge in [-0.25, -0.2) is 4.98 Å². The van der Waals surface area contributed by atoms with Crippen LogP contribution in [0.3, 0.4) is 0 Å². The molecule has 0 radical (unpaired) electrons. The summed E-state index contributed by atoms with van der Waals surface area (Å²) in [4.78, 5) is 31.1. The molecule has 0 aliphatic carbocycles. The molecule has 0 spiro atoms. The van der Waals surface area contributed by atoms with Crippen molar-refractivity contribution in [2.75, 3.05) is 18.9 Å². The lowest BCUT2D eigenvalue weighted by atomic mass is 10.1. The van der Waals surface area contributed by atoms with Gasteiger partial charge in [0, 0.05) is 36.6 Å². The molecule has 0 aliphatic heterocycles. The SMILES string of the molecule is CCN(C)C(=O)c1ccc(C)c(NC(=O)c2csc(Cc3ccccc3)n2)c1. The van der Waals surface area contributed by atoms with E-state index in [0.717, 1.165) is 16.1 Å². The number of aryl methyl sites for hydroxylation is 1. The Morgan fingerprint density at radius 2 is 1.89 bits per heavy atom. The second-order valence-electron chi connectivity index (χ2n) is 6.59. The number of anilines is 1. The highest BCUT2D eigenvalue weighted by Gasteiger charge is 2.15. The summed E-state index contributed by atoms with van der Waals surface area (Å²) < 4.78 is 0. The third-order valence-electron chi connectivity index (χ3n) is 4.54. The van der Waals surface area contributed by atoms with Crippen molar-refractivity contribution in [3.63, 3.8) is 0 Å². The minimum absolute atomic E-state index is 0.0724. The largest absolute Gasteiger partial charge is 0.342 e. The van der Waals surface area contributed by atoms with Crippen LogP contribution in [0.1, 0.15) is 43.9 Å². The van der Waals surface area contributed by atoms with Crippen molar-refractivity contribution in [1.29, 1.82) is 0 Å². The Labute approximate surface area is 169 Å². The predicted molar refractivity (Wildman–Crippen MR) is 113 cm³/mol. The van der Waals surface area contributed by atoms with Gasteiger partial charge in [-0.2, -0.15) is 0 Å². The maximum absolute atomic E-state index is 12.6. The van der Waals surface area contributed by atoms with Gasteiger partial charge in [0.1, 0.15) is 5.69 Å². The molecule has 0 saturated carbocycles. The van der Waals surface area contributed by atoms with Crippen molar-refractivity contribution in [1.82, 2.24) is 9.88 Å². The summed E-state index contributed by atoms with van der Waals surface area (Å²) in [6.45, 7) is 4.44. The summed E-state index contributed by atoms with van der Waals surface area (Å²) in [6.07, 6.45) is 0.700. The van der Waals surface area contributed by atoms with Crippen molar-refractivity contribution in [3.05, 3.63) is 81.3 Å². The van der Waals surface area contributed by atoms with E-state index in [9.17, 15) is 9.59 Å². The Kier molecular flexibility index (Phi) is 6.21. The topological polar surface area (TPSA) is 62.3 Å². The number of amides is 2. The number of benzene rings is 2. The van der Waals surface area contributed by atoms with E-state index in [2.05, 4.69) is 10.3 Å². The van der Waals surface area contributed by atoms with Crippen molar-refractivity contribution in [3.8, 4) is 0 Å². The van der Waals surface area contributed by atoms with Crippen LogP contribution < -0.4 is 5.32 Å². The van der Waals surface area contributed by atoms with Crippen LogP contribution in [0.4, 0.5) is 5.69 Å². The lowest BCUT2D eigenvalue weighted by molar-refractivity contribution is 0.0802. The summed E-state index contributed by atoms with van der Waals surface area (Å²) in [5.74, 6) is -0.344. The zero-order valence-corrected chi connectivity index (χ0v) is 17.0. The highest BCUT2D eigenvalue weighted by Crippen LogP contribution is 2.20. The highest BCUT2D eigenvalue weighted by molar-refractivity contribution is 7.09. The van der Waals surface area contributed by atoms with Gasteiger partial charge in [0.05, 0.1) is 5.01 Å². The van der Waals surface area contributed by atoms with Crippen molar-refractivity contribution < 1.29 is 9.59 Å². The third kappa shape index (κ3) is 4.64. The van der Waals surface area contributed by atoms with Crippen LogP contribution in [0.5, 0.6) is 0 Å². The fourth-order valence-electron chi connectivity index (χ4n) is 2.71. The summed E-state index contributed by atoms with van der Waals surface area (Å²) in [5.41, 5.74) is 3.61. The van der Waals surface area contributed by atoms with Gasteiger partial charge >= 0.3 is 0 Å². The van der Waals surface area contributed by atoms with E-state index in [1.54, 1.807) is 29.5 Å². The number of hydrogen-bond donors (Lipinski definition) is 1. The molecule has 144 valence electrons. The molecule has 0 atom stereocenters. The highest BCUT2D eigenvalue weighted by atomic mass is 32.1. The monoisotopic (exact) mass is 393 g/mol. The lowest BCUT2D eigenvalue weighted by Gasteiger charge is -2.16. The molecule has 1 heterocycles. The molecule has 3 rings (SSSR count). The first kappa shape index (κ1) is 19.8. The Morgan fingerprint density at radius 3 is 2.61 bits per heavy atom. The predicted octanol–water partition coefficient (Wildman–Crippen LogP) is 4.39. The molecule has 2 amide bonds. The van der Waals surface area contributed by atoms with E-state index in [-0.39, 0.29) is 11.8 Å². The zero-order chi connectivity index (χ0) is 20.1. The Balaban J connectivity index is 1.73. The van der Waals surface area contributed by atoms with Crippen LogP contribution in [0, 0.1) is 6.92 Å². The van der Waals surface area contributed by atoms with Crippen molar-refractivity contribution in [2.24, 2.45) is 0 Å². The van der Waals surface area contributed by atoms with Gasteiger partial charge in [-0.05, 0) is 37.1 Å².